The number of carbonyl (C=O) groups is 3. The number of carbonyl (C=O) groups excluding carboxylic acids is 3. The molecular weight excluding hydrogens is 424 g/mol. The van der Waals surface area contributed by atoms with Gasteiger partial charge in [-0.3, -0.25) is 19.3 Å². The van der Waals surface area contributed by atoms with Crippen LogP contribution in [0.1, 0.15) is 57.6 Å². The highest BCUT2D eigenvalue weighted by atomic mass is 16.2. The molecule has 5 atom stereocenters. The summed E-state index contributed by atoms with van der Waals surface area (Å²) >= 11 is 0. The fraction of sp³-hybridized carbons (Fsp3) is 0.414. The van der Waals surface area contributed by atoms with Crippen molar-refractivity contribution in [2.75, 3.05) is 4.90 Å². The summed E-state index contributed by atoms with van der Waals surface area (Å²) in [5.41, 5.74) is 2.67. The summed E-state index contributed by atoms with van der Waals surface area (Å²) < 4.78 is 0. The van der Waals surface area contributed by atoms with Crippen LogP contribution < -0.4 is 4.90 Å². The van der Waals surface area contributed by atoms with Crippen LogP contribution in [0.3, 0.4) is 0 Å². The molecular formula is C29H32N2O3. The molecule has 2 saturated heterocycles. The molecule has 2 aromatic carbocycles. The molecule has 0 radical (unpaired) electrons. The van der Waals surface area contributed by atoms with E-state index in [1.54, 1.807) is 0 Å². The predicted octanol–water partition coefficient (Wildman–Crippen LogP) is 5.50. The molecule has 2 aliphatic heterocycles. The molecule has 2 fully saturated rings. The van der Waals surface area contributed by atoms with Crippen molar-refractivity contribution in [2.45, 2.75) is 52.0 Å². The second kappa shape index (κ2) is 9.21. The molecule has 2 aromatic rings. The van der Waals surface area contributed by atoms with E-state index in [2.05, 4.69) is 19.9 Å². The van der Waals surface area contributed by atoms with Crippen LogP contribution in [0.2, 0.25) is 0 Å². The molecule has 2 heterocycles. The summed E-state index contributed by atoms with van der Waals surface area (Å²) in [4.78, 5) is 44.1. The lowest BCUT2D eigenvalue weighted by atomic mass is 9.66. The lowest BCUT2D eigenvalue weighted by Gasteiger charge is -2.46. The van der Waals surface area contributed by atoms with Crippen LogP contribution in [0.4, 0.5) is 5.69 Å². The third-order valence-electron chi connectivity index (χ3n) is 7.85. The van der Waals surface area contributed by atoms with Gasteiger partial charge in [0.05, 0.1) is 23.6 Å². The van der Waals surface area contributed by atoms with E-state index in [0.717, 1.165) is 30.5 Å². The molecule has 5 heteroatoms. The molecule has 0 unspecified atom stereocenters. The molecule has 5 rings (SSSR count). The second-order valence-corrected chi connectivity index (χ2v) is 9.79. The van der Waals surface area contributed by atoms with E-state index in [1.165, 1.54) is 4.90 Å². The van der Waals surface area contributed by atoms with Crippen molar-refractivity contribution in [1.82, 2.24) is 4.90 Å². The zero-order valence-electron chi connectivity index (χ0n) is 19.9. The van der Waals surface area contributed by atoms with Gasteiger partial charge in [-0.1, -0.05) is 74.4 Å². The summed E-state index contributed by atoms with van der Waals surface area (Å²) in [6.45, 7) is 4.20. The van der Waals surface area contributed by atoms with E-state index >= 15 is 0 Å². The van der Waals surface area contributed by atoms with Crippen molar-refractivity contribution in [3.8, 4) is 0 Å². The fourth-order valence-corrected chi connectivity index (χ4v) is 6.20. The van der Waals surface area contributed by atoms with Gasteiger partial charge in [0.2, 0.25) is 17.7 Å². The van der Waals surface area contributed by atoms with Gasteiger partial charge in [0.15, 0.2) is 0 Å². The minimum atomic E-state index is -0.409. The highest BCUT2D eigenvalue weighted by molar-refractivity contribution is 6.22. The van der Waals surface area contributed by atoms with E-state index in [0.29, 0.717) is 18.5 Å². The first kappa shape index (κ1) is 22.6. The number of unbranched alkanes of at least 4 members (excludes halogenated alkanes) is 1. The van der Waals surface area contributed by atoms with E-state index in [9.17, 15) is 14.4 Å². The Morgan fingerprint density at radius 1 is 0.912 bits per heavy atom. The summed E-state index contributed by atoms with van der Waals surface area (Å²) in [6.07, 6.45) is 6.04. The van der Waals surface area contributed by atoms with Crippen molar-refractivity contribution < 1.29 is 14.4 Å². The first-order chi connectivity index (χ1) is 16.5. The second-order valence-electron chi connectivity index (χ2n) is 9.79. The van der Waals surface area contributed by atoms with Crippen molar-refractivity contribution in [1.29, 1.82) is 0 Å². The summed E-state index contributed by atoms with van der Waals surface area (Å²) in [5.74, 6) is -1.02. The van der Waals surface area contributed by atoms with Crippen LogP contribution in [0.5, 0.6) is 0 Å². The van der Waals surface area contributed by atoms with Gasteiger partial charge in [-0.05, 0) is 43.4 Å². The Bertz CT molecular complexity index is 1110. The number of rotatable bonds is 6. The molecule has 3 amide bonds. The van der Waals surface area contributed by atoms with Crippen LogP contribution in [0.25, 0.3) is 0 Å². The van der Waals surface area contributed by atoms with Gasteiger partial charge in [-0.2, -0.15) is 0 Å². The zero-order chi connectivity index (χ0) is 23.8. The first-order valence-corrected chi connectivity index (χ1v) is 12.5. The number of anilines is 1. The van der Waals surface area contributed by atoms with E-state index in [4.69, 9.17) is 0 Å². The first-order valence-electron chi connectivity index (χ1n) is 12.5. The number of piperidine rings is 1. The van der Waals surface area contributed by atoms with Crippen molar-refractivity contribution in [3.63, 3.8) is 0 Å². The SMILES string of the molecule is CCCC[C@H]1C=C2[C@@H](CCC(=O)N2[C@H](C)c2ccccc2)[C@H]2C(=O)N(c3ccccc3)C(=O)[C@H]21. The summed E-state index contributed by atoms with van der Waals surface area (Å²) in [5, 5.41) is 0. The van der Waals surface area contributed by atoms with Crippen LogP contribution >= 0.6 is 0 Å². The Morgan fingerprint density at radius 2 is 1.56 bits per heavy atom. The van der Waals surface area contributed by atoms with Gasteiger partial charge in [0.1, 0.15) is 0 Å². The minimum absolute atomic E-state index is 0.0438. The maximum atomic E-state index is 13.8. The fourth-order valence-electron chi connectivity index (χ4n) is 6.20. The Morgan fingerprint density at radius 3 is 2.24 bits per heavy atom. The van der Waals surface area contributed by atoms with Gasteiger partial charge in [-0.15, -0.1) is 0 Å². The lowest BCUT2D eigenvalue weighted by molar-refractivity contribution is -0.137. The highest BCUT2D eigenvalue weighted by Crippen LogP contribution is 2.52. The van der Waals surface area contributed by atoms with Gasteiger partial charge in [0, 0.05) is 18.0 Å². The smallest absolute Gasteiger partial charge is 0.238 e. The van der Waals surface area contributed by atoms with E-state index < -0.39 is 5.92 Å². The van der Waals surface area contributed by atoms with E-state index in [-0.39, 0.29) is 41.5 Å². The monoisotopic (exact) mass is 456 g/mol. The molecule has 0 N–H and O–H groups in total. The maximum Gasteiger partial charge on any atom is 0.238 e. The molecule has 0 bridgehead atoms. The number of hydrogen-bond donors (Lipinski definition) is 0. The number of fused-ring (bicyclic) bond motifs is 3. The molecule has 0 aromatic heterocycles. The number of para-hydroxylation sites is 1. The number of amides is 3. The Balaban J connectivity index is 1.57. The van der Waals surface area contributed by atoms with Crippen molar-refractivity contribution in [3.05, 3.63) is 78.0 Å². The van der Waals surface area contributed by atoms with Gasteiger partial charge in [-0.25, -0.2) is 0 Å². The van der Waals surface area contributed by atoms with E-state index in [1.807, 2.05) is 65.6 Å². The quantitative estimate of drug-likeness (QED) is 0.540. The number of allylic oxidation sites excluding steroid dienone is 2. The molecule has 5 nitrogen and oxygen atoms in total. The number of imide groups is 1. The van der Waals surface area contributed by atoms with Crippen LogP contribution in [-0.4, -0.2) is 22.6 Å². The Labute approximate surface area is 201 Å². The lowest BCUT2D eigenvalue weighted by Crippen LogP contribution is -2.47. The molecule has 3 aliphatic rings. The van der Waals surface area contributed by atoms with Crippen molar-refractivity contribution in [2.24, 2.45) is 23.7 Å². The van der Waals surface area contributed by atoms with Gasteiger partial charge < -0.3 is 4.90 Å². The minimum Gasteiger partial charge on any atom is -0.309 e. The summed E-state index contributed by atoms with van der Waals surface area (Å²) in [6, 6.07) is 19.2. The molecule has 34 heavy (non-hydrogen) atoms. The maximum absolute atomic E-state index is 13.8. The zero-order valence-corrected chi connectivity index (χ0v) is 19.9. The average Bonchev–Trinajstić information content (AvgIpc) is 3.13. The van der Waals surface area contributed by atoms with Gasteiger partial charge >= 0.3 is 0 Å². The number of hydrogen-bond acceptors (Lipinski definition) is 3. The number of nitrogens with zero attached hydrogens (tertiary/aromatic N) is 2. The van der Waals surface area contributed by atoms with Crippen LogP contribution in [-0.2, 0) is 14.4 Å². The normalized spacial score (nSPS) is 27.4. The van der Waals surface area contributed by atoms with Crippen LogP contribution in [0.15, 0.2) is 72.4 Å². The average molecular weight is 457 g/mol. The topological polar surface area (TPSA) is 57.7 Å². The molecule has 0 spiro atoms. The molecule has 0 saturated carbocycles. The Hall–Kier alpha value is -3.21. The molecule has 176 valence electrons. The Kier molecular flexibility index (Phi) is 6.11. The standard InChI is InChI=1S/C29H32N2O3/c1-3-4-11-21-18-24-23(16-17-25(32)30(24)19(2)20-12-7-5-8-13-20)27-26(21)28(33)31(29(27)34)22-14-9-6-10-15-22/h5-10,12-15,18-19,21,23,26-27H,3-4,11,16-17H2,1-2H3/t19-,21+,23-,26+,27-/m1/s1. The van der Waals surface area contributed by atoms with Crippen LogP contribution in [0, 0.1) is 23.7 Å². The predicted molar refractivity (Wildman–Crippen MR) is 131 cm³/mol. The third kappa shape index (κ3) is 3.67. The van der Waals surface area contributed by atoms with Gasteiger partial charge in [0.25, 0.3) is 0 Å². The van der Waals surface area contributed by atoms with Crippen molar-refractivity contribution >= 4 is 23.4 Å². The number of benzene rings is 2. The highest BCUT2D eigenvalue weighted by Gasteiger charge is 2.58. The molecule has 1 aliphatic carbocycles. The third-order valence-corrected chi connectivity index (χ3v) is 7.85. The largest absolute Gasteiger partial charge is 0.309 e. The number of likely N-dealkylation sites (tertiary alicyclic amines) is 1. The summed E-state index contributed by atoms with van der Waals surface area (Å²) in [7, 11) is 0.